The molecular weight excluding hydrogens is 349 g/mol. The van der Waals surface area contributed by atoms with E-state index in [1.807, 2.05) is 19.1 Å². The van der Waals surface area contributed by atoms with E-state index < -0.39 is 18.0 Å². The van der Waals surface area contributed by atoms with Crippen LogP contribution in [0.5, 0.6) is 5.75 Å². The van der Waals surface area contributed by atoms with Crippen LogP contribution < -0.4 is 15.4 Å². The molecule has 0 atom stereocenters. The molecule has 0 saturated carbocycles. The van der Waals surface area contributed by atoms with Crippen LogP contribution in [0, 0.1) is 0 Å². The third-order valence-corrected chi connectivity index (χ3v) is 3.40. The van der Waals surface area contributed by atoms with Gasteiger partial charge in [0, 0.05) is 11.4 Å². The molecule has 0 aliphatic carbocycles. The fraction of sp³-hybridized carbons (Fsp3) is 0.222. The van der Waals surface area contributed by atoms with Crippen LogP contribution >= 0.6 is 0 Å². The molecule has 2 rings (SSSR count). The topological polar surface area (TPSA) is 67.4 Å². The van der Waals surface area contributed by atoms with Crippen molar-refractivity contribution in [1.82, 2.24) is 0 Å². The van der Waals surface area contributed by atoms with E-state index in [4.69, 9.17) is 4.74 Å². The molecule has 0 fully saturated rings. The molecule has 26 heavy (non-hydrogen) atoms. The third kappa shape index (κ3) is 5.51. The van der Waals surface area contributed by atoms with Gasteiger partial charge in [0.2, 0.25) is 0 Å². The van der Waals surface area contributed by atoms with E-state index in [9.17, 15) is 22.8 Å². The first-order valence-corrected chi connectivity index (χ1v) is 7.78. The summed E-state index contributed by atoms with van der Waals surface area (Å²) in [5.74, 6) is -1.85. The van der Waals surface area contributed by atoms with Crippen LogP contribution in [-0.2, 0) is 16.0 Å². The van der Waals surface area contributed by atoms with Crippen molar-refractivity contribution in [3.63, 3.8) is 0 Å². The van der Waals surface area contributed by atoms with E-state index in [1.165, 1.54) is 24.3 Å². The van der Waals surface area contributed by atoms with Crippen LogP contribution in [-0.4, -0.2) is 24.6 Å². The maximum Gasteiger partial charge on any atom is 0.471 e. The van der Waals surface area contributed by atoms with Crippen LogP contribution in [0.3, 0.4) is 0 Å². The molecule has 138 valence electrons. The maximum absolute atomic E-state index is 12.2. The summed E-state index contributed by atoms with van der Waals surface area (Å²) in [5, 5.41) is 4.28. The van der Waals surface area contributed by atoms with Crippen molar-refractivity contribution in [2.75, 3.05) is 17.2 Å². The fourth-order valence-electron chi connectivity index (χ4n) is 2.12. The number of benzene rings is 2. The summed E-state index contributed by atoms with van der Waals surface area (Å²) in [4.78, 5) is 22.8. The van der Waals surface area contributed by atoms with Gasteiger partial charge in [-0.1, -0.05) is 25.1 Å². The normalized spacial score (nSPS) is 10.9. The van der Waals surface area contributed by atoms with E-state index in [0.29, 0.717) is 11.4 Å². The Morgan fingerprint density at radius 3 is 2.12 bits per heavy atom. The number of hydrogen-bond donors (Lipinski definition) is 2. The highest BCUT2D eigenvalue weighted by molar-refractivity contribution is 5.95. The summed E-state index contributed by atoms with van der Waals surface area (Å²) in [6, 6.07) is 12.6. The van der Waals surface area contributed by atoms with Crippen LogP contribution in [0.25, 0.3) is 0 Å². The predicted molar refractivity (Wildman–Crippen MR) is 91.1 cm³/mol. The highest BCUT2D eigenvalue weighted by Gasteiger charge is 2.38. The van der Waals surface area contributed by atoms with Gasteiger partial charge in [-0.25, -0.2) is 0 Å². The minimum Gasteiger partial charge on any atom is -0.483 e. The molecule has 2 aromatic rings. The fourth-order valence-corrected chi connectivity index (χ4v) is 2.12. The molecule has 0 heterocycles. The Balaban J connectivity index is 1.88. The second kappa shape index (κ2) is 8.37. The lowest BCUT2D eigenvalue weighted by molar-refractivity contribution is -0.167. The molecule has 2 N–H and O–H groups in total. The van der Waals surface area contributed by atoms with E-state index in [1.54, 1.807) is 17.4 Å². The van der Waals surface area contributed by atoms with E-state index >= 15 is 0 Å². The Morgan fingerprint density at radius 2 is 1.54 bits per heavy atom. The van der Waals surface area contributed by atoms with Crippen molar-refractivity contribution in [3.05, 3.63) is 54.1 Å². The molecule has 8 heteroatoms. The van der Waals surface area contributed by atoms with Crippen LogP contribution in [0.1, 0.15) is 12.5 Å². The number of alkyl halides is 3. The Bertz CT molecular complexity index is 774. The van der Waals surface area contributed by atoms with Crippen molar-refractivity contribution in [3.8, 4) is 5.75 Å². The minimum absolute atomic E-state index is 0.0292. The van der Waals surface area contributed by atoms with Crippen LogP contribution in [0.2, 0.25) is 0 Å². The number of hydrogen-bond acceptors (Lipinski definition) is 3. The zero-order chi connectivity index (χ0) is 19.2. The van der Waals surface area contributed by atoms with Crippen molar-refractivity contribution in [1.29, 1.82) is 0 Å². The Morgan fingerprint density at radius 1 is 0.962 bits per heavy atom. The molecule has 0 aliphatic rings. The number of nitrogens with one attached hydrogen (secondary N) is 2. The lowest BCUT2D eigenvalue weighted by Gasteiger charge is -2.11. The number of rotatable bonds is 6. The molecule has 2 amide bonds. The molecule has 5 nitrogen and oxygen atoms in total. The van der Waals surface area contributed by atoms with Gasteiger partial charge in [0.05, 0.1) is 0 Å². The van der Waals surface area contributed by atoms with Gasteiger partial charge in [0.15, 0.2) is 6.61 Å². The molecule has 0 spiro atoms. The summed E-state index contributed by atoms with van der Waals surface area (Å²) in [7, 11) is 0. The predicted octanol–water partition coefficient (Wildman–Crippen LogP) is 3.77. The first kappa shape index (κ1) is 19.3. The minimum atomic E-state index is -4.96. The van der Waals surface area contributed by atoms with Gasteiger partial charge in [-0.15, -0.1) is 0 Å². The summed E-state index contributed by atoms with van der Waals surface area (Å²) < 4.78 is 42.0. The number of ether oxygens (including phenoxy) is 1. The smallest absolute Gasteiger partial charge is 0.471 e. The van der Waals surface area contributed by atoms with Gasteiger partial charge in [0.1, 0.15) is 5.75 Å². The average Bonchev–Trinajstić information content (AvgIpc) is 2.61. The molecule has 0 aromatic heterocycles. The summed E-state index contributed by atoms with van der Waals surface area (Å²) in [5.41, 5.74) is 1.32. The first-order chi connectivity index (χ1) is 12.3. The molecule has 0 unspecified atom stereocenters. The standard InChI is InChI=1S/C18H17F3N2O3/c1-2-12-5-3-4-6-15(12)26-11-16(24)22-13-7-9-14(10-8-13)23-17(25)18(19,20)21/h3-10H,2,11H2,1H3,(H,22,24)(H,23,25). The number of halogens is 3. The van der Waals surface area contributed by atoms with Crippen LogP contribution in [0.4, 0.5) is 24.5 Å². The monoisotopic (exact) mass is 366 g/mol. The lowest BCUT2D eigenvalue weighted by atomic mass is 10.1. The Hall–Kier alpha value is -3.03. The van der Waals surface area contributed by atoms with Gasteiger partial charge in [-0.2, -0.15) is 13.2 Å². The van der Waals surface area contributed by atoms with Gasteiger partial charge >= 0.3 is 12.1 Å². The second-order valence-electron chi connectivity index (χ2n) is 5.33. The number of carbonyl (C=O) groups excluding carboxylic acids is 2. The number of carbonyl (C=O) groups is 2. The zero-order valence-electron chi connectivity index (χ0n) is 13.9. The number of anilines is 2. The van der Waals surface area contributed by atoms with Crippen molar-refractivity contribution >= 4 is 23.2 Å². The maximum atomic E-state index is 12.2. The second-order valence-corrected chi connectivity index (χ2v) is 5.33. The van der Waals surface area contributed by atoms with Gasteiger partial charge in [-0.05, 0) is 42.3 Å². The highest BCUT2D eigenvalue weighted by atomic mass is 19.4. The number of para-hydroxylation sites is 1. The van der Waals surface area contributed by atoms with Crippen molar-refractivity contribution in [2.24, 2.45) is 0 Å². The Labute approximate surface area is 148 Å². The van der Waals surface area contributed by atoms with E-state index in [0.717, 1.165) is 12.0 Å². The summed E-state index contributed by atoms with van der Waals surface area (Å²) in [6.45, 7) is 1.77. The first-order valence-electron chi connectivity index (χ1n) is 7.78. The number of aryl methyl sites for hydroxylation is 1. The molecule has 0 radical (unpaired) electrons. The zero-order valence-corrected chi connectivity index (χ0v) is 13.9. The van der Waals surface area contributed by atoms with Gasteiger partial charge in [-0.3, -0.25) is 9.59 Å². The van der Waals surface area contributed by atoms with Crippen LogP contribution in [0.15, 0.2) is 48.5 Å². The highest BCUT2D eigenvalue weighted by Crippen LogP contribution is 2.20. The summed E-state index contributed by atoms with van der Waals surface area (Å²) in [6.07, 6.45) is -4.19. The van der Waals surface area contributed by atoms with Gasteiger partial charge < -0.3 is 15.4 Å². The molecule has 0 aliphatic heterocycles. The summed E-state index contributed by atoms with van der Waals surface area (Å²) >= 11 is 0. The third-order valence-electron chi connectivity index (χ3n) is 3.40. The quantitative estimate of drug-likeness (QED) is 0.818. The molecular formula is C18H17F3N2O3. The average molecular weight is 366 g/mol. The Kier molecular flexibility index (Phi) is 6.21. The molecule has 0 bridgehead atoms. The SMILES string of the molecule is CCc1ccccc1OCC(=O)Nc1ccc(NC(=O)C(F)(F)F)cc1. The van der Waals surface area contributed by atoms with Crippen molar-refractivity contribution < 1.29 is 27.5 Å². The molecule has 0 saturated heterocycles. The lowest BCUT2D eigenvalue weighted by Crippen LogP contribution is -2.29. The number of amides is 2. The largest absolute Gasteiger partial charge is 0.483 e. The van der Waals surface area contributed by atoms with Gasteiger partial charge in [0.25, 0.3) is 5.91 Å². The van der Waals surface area contributed by atoms with E-state index in [2.05, 4.69) is 5.32 Å². The molecule has 2 aromatic carbocycles. The van der Waals surface area contributed by atoms with E-state index in [-0.39, 0.29) is 12.3 Å². The van der Waals surface area contributed by atoms with Crippen molar-refractivity contribution in [2.45, 2.75) is 19.5 Å².